The van der Waals surface area contributed by atoms with Crippen LogP contribution in [0.2, 0.25) is 0 Å². The lowest BCUT2D eigenvalue weighted by Crippen LogP contribution is -2.09. The Hall–Kier alpha value is -3.27. The molecule has 3 aromatic rings. The summed E-state index contributed by atoms with van der Waals surface area (Å²) < 4.78 is 17.1. The maximum atomic E-state index is 12.4. The molecule has 3 aromatic carbocycles. The van der Waals surface area contributed by atoms with Crippen molar-refractivity contribution in [2.45, 2.75) is 46.5 Å². The largest absolute Gasteiger partial charge is 0.490 e. The molecule has 0 bridgehead atoms. The van der Waals surface area contributed by atoms with E-state index < -0.39 is 0 Å². The Kier molecular flexibility index (Phi) is 8.73. The van der Waals surface area contributed by atoms with Crippen LogP contribution in [0.4, 0.5) is 0 Å². The molecule has 4 nitrogen and oxygen atoms in total. The molecule has 0 spiro atoms. The topological polar surface area (TPSA) is 44.8 Å². The average Bonchev–Trinajstić information content (AvgIpc) is 2.80. The van der Waals surface area contributed by atoms with Gasteiger partial charge in [0.15, 0.2) is 11.5 Å². The summed E-state index contributed by atoms with van der Waals surface area (Å²) in [4.78, 5) is 12.4. The molecule has 0 saturated heterocycles. The van der Waals surface area contributed by atoms with Crippen LogP contribution in [0.15, 0.2) is 66.7 Å². The predicted octanol–water partition coefficient (Wildman–Crippen LogP) is 6.78. The van der Waals surface area contributed by atoms with Crippen LogP contribution in [-0.2, 0) is 11.2 Å². The van der Waals surface area contributed by atoms with Gasteiger partial charge in [0.05, 0.1) is 13.2 Å². The van der Waals surface area contributed by atoms with E-state index in [1.54, 1.807) is 0 Å². The van der Waals surface area contributed by atoms with Gasteiger partial charge in [-0.1, -0.05) is 61.4 Å². The quantitative estimate of drug-likeness (QED) is 0.190. The van der Waals surface area contributed by atoms with E-state index >= 15 is 0 Å². The van der Waals surface area contributed by atoms with Gasteiger partial charge < -0.3 is 14.2 Å². The Labute approximate surface area is 191 Å². The van der Waals surface area contributed by atoms with Crippen molar-refractivity contribution in [2.75, 3.05) is 13.2 Å². The van der Waals surface area contributed by atoms with Crippen molar-refractivity contribution in [3.63, 3.8) is 0 Å². The molecular formula is C28H32O4. The Bertz CT molecular complexity index is 991. The lowest BCUT2D eigenvalue weighted by molar-refractivity contribution is -0.134. The summed E-state index contributed by atoms with van der Waals surface area (Å²) in [7, 11) is 0. The molecule has 0 radical (unpaired) electrons. The van der Waals surface area contributed by atoms with Crippen LogP contribution < -0.4 is 14.2 Å². The molecule has 0 fully saturated rings. The highest BCUT2D eigenvalue weighted by atomic mass is 16.5. The molecule has 0 amide bonds. The van der Waals surface area contributed by atoms with Gasteiger partial charge in [0.2, 0.25) is 0 Å². The first-order valence-corrected chi connectivity index (χ1v) is 11.4. The molecular weight excluding hydrogens is 400 g/mol. The number of carbonyl (C=O) groups excluding carboxylic acids is 1. The highest BCUT2D eigenvalue weighted by Crippen LogP contribution is 2.29. The van der Waals surface area contributed by atoms with E-state index in [1.807, 2.05) is 49.4 Å². The fraction of sp³-hybridized carbons (Fsp3) is 0.321. The first-order valence-electron chi connectivity index (χ1n) is 11.4. The predicted molar refractivity (Wildman–Crippen MR) is 129 cm³/mol. The highest BCUT2D eigenvalue weighted by Gasteiger charge is 2.10. The van der Waals surface area contributed by atoms with Gasteiger partial charge in [0, 0.05) is 6.42 Å². The summed E-state index contributed by atoms with van der Waals surface area (Å²) in [6, 6.07) is 21.8. The first-order chi connectivity index (χ1) is 15.6. The second-order valence-corrected chi connectivity index (χ2v) is 7.78. The molecule has 0 N–H and O–H groups in total. The smallest absolute Gasteiger partial charge is 0.311 e. The third kappa shape index (κ3) is 6.88. The van der Waals surface area contributed by atoms with Crippen LogP contribution in [0.25, 0.3) is 11.1 Å². The lowest BCUT2D eigenvalue weighted by Gasteiger charge is -2.13. The maximum Gasteiger partial charge on any atom is 0.311 e. The molecule has 0 unspecified atom stereocenters. The minimum absolute atomic E-state index is 0.255. The second-order valence-electron chi connectivity index (χ2n) is 7.78. The monoisotopic (exact) mass is 432 g/mol. The third-order valence-corrected chi connectivity index (χ3v) is 5.15. The Balaban J connectivity index is 1.54. The van der Waals surface area contributed by atoms with E-state index in [9.17, 15) is 4.79 Å². The van der Waals surface area contributed by atoms with Gasteiger partial charge in [-0.25, -0.2) is 0 Å². The normalized spacial score (nSPS) is 10.6. The van der Waals surface area contributed by atoms with Crippen molar-refractivity contribution in [1.82, 2.24) is 0 Å². The number of ether oxygens (including phenoxy) is 3. The zero-order chi connectivity index (χ0) is 22.8. The van der Waals surface area contributed by atoms with E-state index in [1.165, 1.54) is 5.56 Å². The summed E-state index contributed by atoms with van der Waals surface area (Å²) in [5.74, 6) is 1.77. The maximum absolute atomic E-state index is 12.4. The van der Waals surface area contributed by atoms with Gasteiger partial charge >= 0.3 is 5.97 Å². The fourth-order valence-corrected chi connectivity index (χ4v) is 3.31. The van der Waals surface area contributed by atoms with Gasteiger partial charge in [-0.05, 0) is 67.6 Å². The van der Waals surface area contributed by atoms with Crippen LogP contribution in [0.5, 0.6) is 17.2 Å². The molecule has 0 aromatic heterocycles. The van der Waals surface area contributed by atoms with Gasteiger partial charge in [-0.3, -0.25) is 4.79 Å². The van der Waals surface area contributed by atoms with Crippen molar-refractivity contribution in [2.24, 2.45) is 0 Å². The summed E-state index contributed by atoms with van der Waals surface area (Å²) in [5.41, 5.74) is 4.48. The van der Waals surface area contributed by atoms with Crippen LogP contribution in [-0.4, -0.2) is 19.2 Å². The molecule has 4 heteroatoms. The van der Waals surface area contributed by atoms with Crippen LogP contribution in [0.1, 0.15) is 44.2 Å². The molecule has 168 valence electrons. The molecule has 0 saturated carbocycles. The van der Waals surface area contributed by atoms with Crippen molar-refractivity contribution in [1.29, 1.82) is 0 Å². The standard InChI is InChI=1S/C28H32O4/c1-4-6-19-31-26-17-9-22(20-27(26)30-5-2)10-18-28(29)32-25-15-13-24(14-16-25)23-11-7-21(3)8-12-23/h7-9,11-17,20H,4-6,10,18-19H2,1-3H3. The van der Waals surface area contributed by atoms with Crippen LogP contribution in [0.3, 0.4) is 0 Å². The molecule has 0 atom stereocenters. The summed E-state index contributed by atoms with van der Waals surface area (Å²) in [6.07, 6.45) is 2.96. The number of aryl methyl sites for hydroxylation is 2. The number of carbonyl (C=O) groups is 1. The van der Waals surface area contributed by atoms with Crippen molar-refractivity contribution in [3.8, 4) is 28.4 Å². The summed E-state index contributed by atoms with van der Waals surface area (Å²) >= 11 is 0. The Morgan fingerprint density at radius 3 is 2.16 bits per heavy atom. The van der Waals surface area contributed by atoms with E-state index in [0.717, 1.165) is 41.0 Å². The van der Waals surface area contributed by atoms with Gasteiger partial charge in [-0.2, -0.15) is 0 Å². The van der Waals surface area contributed by atoms with E-state index in [2.05, 4.69) is 38.1 Å². The summed E-state index contributed by atoms with van der Waals surface area (Å²) in [5, 5.41) is 0. The Morgan fingerprint density at radius 2 is 1.50 bits per heavy atom. The highest BCUT2D eigenvalue weighted by molar-refractivity contribution is 5.73. The number of unbranched alkanes of at least 4 members (excludes halogenated alkanes) is 1. The van der Waals surface area contributed by atoms with Crippen molar-refractivity contribution >= 4 is 5.97 Å². The average molecular weight is 433 g/mol. The van der Waals surface area contributed by atoms with Crippen molar-refractivity contribution in [3.05, 3.63) is 77.9 Å². The van der Waals surface area contributed by atoms with E-state index in [4.69, 9.17) is 14.2 Å². The molecule has 0 aliphatic heterocycles. The first kappa shape index (κ1) is 23.4. The van der Waals surface area contributed by atoms with Gasteiger partial charge in [0.25, 0.3) is 0 Å². The third-order valence-electron chi connectivity index (χ3n) is 5.15. The van der Waals surface area contributed by atoms with Crippen molar-refractivity contribution < 1.29 is 19.0 Å². The fourth-order valence-electron chi connectivity index (χ4n) is 3.31. The van der Waals surface area contributed by atoms with Crippen LogP contribution in [0, 0.1) is 6.92 Å². The Morgan fingerprint density at radius 1 is 0.812 bits per heavy atom. The second kappa shape index (κ2) is 11.9. The number of hydrogen-bond donors (Lipinski definition) is 0. The van der Waals surface area contributed by atoms with Gasteiger partial charge in [-0.15, -0.1) is 0 Å². The number of esters is 1. The number of hydrogen-bond acceptors (Lipinski definition) is 4. The molecule has 3 rings (SSSR count). The lowest BCUT2D eigenvalue weighted by atomic mass is 10.0. The minimum Gasteiger partial charge on any atom is -0.490 e. The van der Waals surface area contributed by atoms with Gasteiger partial charge in [0.1, 0.15) is 5.75 Å². The minimum atomic E-state index is -0.255. The SMILES string of the molecule is CCCCOc1ccc(CCC(=O)Oc2ccc(-c3ccc(C)cc3)cc2)cc1OCC. The van der Waals surface area contributed by atoms with E-state index in [0.29, 0.717) is 31.8 Å². The summed E-state index contributed by atoms with van der Waals surface area (Å²) in [6.45, 7) is 7.39. The zero-order valence-corrected chi connectivity index (χ0v) is 19.2. The molecule has 32 heavy (non-hydrogen) atoms. The van der Waals surface area contributed by atoms with E-state index in [-0.39, 0.29) is 5.97 Å². The number of rotatable bonds is 11. The zero-order valence-electron chi connectivity index (χ0n) is 19.2. The molecule has 0 aliphatic carbocycles. The van der Waals surface area contributed by atoms with Crippen LogP contribution >= 0.6 is 0 Å². The number of benzene rings is 3. The molecule has 0 heterocycles. The molecule has 0 aliphatic rings.